The van der Waals surface area contributed by atoms with E-state index in [1.54, 1.807) is 12.3 Å². The van der Waals surface area contributed by atoms with Gasteiger partial charge in [0.25, 0.3) is 0 Å². The van der Waals surface area contributed by atoms with Crippen LogP contribution < -0.4 is 20.9 Å². The zero-order valence-electron chi connectivity index (χ0n) is 13.6. The minimum absolute atomic E-state index is 0.0846. The lowest BCUT2D eigenvalue weighted by Crippen LogP contribution is -2.02. The number of ether oxygens (including phenoxy) is 2. The summed E-state index contributed by atoms with van der Waals surface area (Å²) in [6, 6.07) is 11.6. The number of methoxy groups -OCH3 is 1. The molecule has 0 aliphatic rings. The van der Waals surface area contributed by atoms with Crippen molar-refractivity contribution in [1.82, 2.24) is 15.0 Å². The van der Waals surface area contributed by atoms with Crippen LogP contribution in [0.1, 0.15) is 11.1 Å². The van der Waals surface area contributed by atoms with Crippen molar-refractivity contribution >= 4 is 23.9 Å². The summed E-state index contributed by atoms with van der Waals surface area (Å²) in [4.78, 5) is 12.0. The number of anilines is 2. The molecule has 0 aliphatic carbocycles. The molecule has 0 saturated carbocycles. The lowest BCUT2D eigenvalue weighted by Gasteiger charge is -2.11. The van der Waals surface area contributed by atoms with Crippen molar-refractivity contribution in [3.8, 4) is 17.4 Å². The molecule has 4 N–H and O–H groups in total. The molecule has 0 saturated heterocycles. The highest BCUT2D eigenvalue weighted by molar-refractivity contribution is 5.72. The van der Waals surface area contributed by atoms with Crippen LogP contribution in [-0.2, 0) is 0 Å². The summed E-state index contributed by atoms with van der Waals surface area (Å²) >= 11 is 0. The lowest BCUT2D eigenvalue weighted by atomic mass is 10.1. The molecule has 2 aromatic heterocycles. The van der Waals surface area contributed by atoms with Gasteiger partial charge >= 0.3 is 0 Å². The van der Waals surface area contributed by atoms with Gasteiger partial charge in [-0.1, -0.05) is 36.4 Å². The van der Waals surface area contributed by atoms with Gasteiger partial charge in [0.2, 0.25) is 11.8 Å². The predicted molar refractivity (Wildman–Crippen MR) is 97.1 cm³/mol. The highest BCUT2D eigenvalue weighted by Gasteiger charge is 2.10. The summed E-state index contributed by atoms with van der Waals surface area (Å²) in [7, 11) is 1.53. The smallest absolute Gasteiger partial charge is 0.222 e. The molecule has 25 heavy (non-hydrogen) atoms. The van der Waals surface area contributed by atoms with E-state index < -0.39 is 0 Å². The fourth-order valence-corrected chi connectivity index (χ4v) is 2.10. The van der Waals surface area contributed by atoms with Gasteiger partial charge in [-0.15, -0.1) is 0 Å². The third-order valence-electron chi connectivity index (χ3n) is 3.36. The van der Waals surface area contributed by atoms with Gasteiger partial charge in [0.05, 0.1) is 13.3 Å². The Morgan fingerprint density at radius 3 is 2.48 bits per heavy atom. The molecular formula is C18H17N5O2. The van der Waals surface area contributed by atoms with E-state index in [2.05, 4.69) is 15.0 Å². The van der Waals surface area contributed by atoms with Crippen LogP contribution in [-0.4, -0.2) is 22.1 Å². The van der Waals surface area contributed by atoms with Gasteiger partial charge in [-0.2, -0.15) is 4.98 Å². The number of rotatable bonds is 5. The molecular weight excluding hydrogens is 318 g/mol. The summed E-state index contributed by atoms with van der Waals surface area (Å²) in [6.45, 7) is 0. The monoisotopic (exact) mass is 335 g/mol. The third-order valence-corrected chi connectivity index (χ3v) is 3.36. The molecule has 0 radical (unpaired) electrons. The second-order valence-electron chi connectivity index (χ2n) is 5.09. The molecule has 0 atom stereocenters. The summed E-state index contributed by atoms with van der Waals surface area (Å²) < 4.78 is 11.0. The lowest BCUT2D eigenvalue weighted by molar-refractivity contribution is 0.392. The van der Waals surface area contributed by atoms with Crippen molar-refractivity contribution in [3.05, 3.63) is 59.9 Å². The molecule has 7 heteroatoms. The first-order valence-electron chi connectivity index (χ1n) is 7.48. The Hall–Kier alpha value is -3.61. The van der Waals surface area contributed by atoms with Crippen molar-refractivity contribution in [2.45, 2.75) is 0 Å². The maximum Gasteiger partial charge on any atom is 0.222 e. The van der Waals surface area contributed by atoms with Gasteiger partial charge in [-0.3, -0.25) is 0 Å². The molecule has 126 valence electrons. The zero-order valence-corrected chi connectivity index (χ0v) is 13.6. The van der Waals surface area contributed by atoms with E-state index in [0.29, 0.717) is 17.4 Å². The van der Waals surface area contributed by atoms with Gasteiger partial charge < -0.3 is 20.9 Å². The molecule has 0 unspecified atom stereocenters. The summed E-state index contributed by atoms with van der Waals surface area (Å²) in [5.41, 5.74) is 13.1. The molecule has 3 aromatic rings. The van der Waals surface area contributed by atoms with E-state index in [4.69, 9.17) is 20.9 Å². The average molecular weight is 335 g/mol. The maximum absolute atomic E-state index is 5.85. The molecule has 1 aromatic carbocycles. The second kappa shape index (κ2) is 7.31. The number of pyridine rings is 1. The molecule has 0 bridgehead atoms. The maximum atomic E-state index is 5.85. The minimum Gasteiger partial charge on any atom is -0.481 e. The van der Waals surface area contributed by atoms with Crippen LogP contribution in [0.5, 0.6) is 17.4 Å². The first-order chi connectivity index (χ1) is 12.2. The molecule has 7 nitrogen and oxygen atoms in total. The molecule has 0 aliphatic heterocycles. The van der Waals surface area contributed by atoms with Crippen molar-refractivity contribution < 1.29 is 9.47 Å². The first kappa shape index (κ1) is 16.3. The van der Waals surface area contributed by atoms with Crippen molar-refractivity contribution in [2.24, 2.45) is 0 Å². The fraction of sp³-hybridized carbons (Fsp3) is 0.0556. The van der Waals surface area contributed by atoms with Crippen molar-refractivity contribution in [1.29, 1.82) is 0 Å². The van der Waals surface area contributed by atoms with Crippen LogP contribution in [0.25, 0.3) is 12.2 Å². The van der Waals surface area contributed by atoms with E-state index in [1.807, 2.05) is 42.5 Å². The zero-order chi connectivity index (χ0) is 17.6. The van der Waals surface area contributed by atoms with Crippen LogP contribution in [0, 0.1) is 0 Å². The van der Waals surface area contributed by atoms with Crippen LogP contribution in [0.15, 0.2) is 48.8 Å². The molecule has 2 heterocycles. The Kier molecular flexibility index (Phi) is 4.75. The summed E-state index contributed by atoms with van der Waals surface area (Å²) in [5.74, 6) is 1.47. The number of nitrogens with two attached hydrogens (primary N) is 2. The second-order valence-corrected chi connectivity index (χ2v) is 5.09. The highest BCUT2D eigenvalue weighted by Crippen LogP contribution is 2.31. The number of nitrogens with zero attached hydrogens (tertiary/aromatic N) is 3. The number of hydrogen-bond donors (Lipinski definition) is 2. The van der Waals surface area contributed by atoms with Gasteiger partial charge in [0.1, 0.15) is 5.75 Å². The average Bonchev–Trinajstić information content (AvgIpc) is 2.63. The number of benzene rings is 1. The predicted octanol–water partition coefficient (Wildman–Crippen LogP) is 3.01. The van der Waals surface area contributed by atoms with E-state index in [1.165, 1.54) is 13.3 Å². The molecule has 3 rings (SSSR count). The number of nitrogen functional groups attached to an aromatic ring is 2. The van der Waals surface area contributed by atoms with Gasteiger partial charge in [0.15, 0.2) is 11.6 Å². The third kappa shape index (κ3) is 4.03. The Morgan fingerprint density at radius 2 is 1.76 bits per heavy atom. The first-order valence-corrected chi connectivity index (χ1v) is 7.48. The van der Waals surface area contributed by atoms with E-state index in [0.717, 1.165) is 11.1 Å². The SMILES string of the molecule is COc1cc(Oc2cnc(N)nc2N)c(C=Cc2ccccc2)cn1. The minimum atomic E-state index is 0.0846. The Morgan fingerprint density at radius 1 is 0.960 bits per heavy atom. The highest BCUT2D eigenvalue weighted by atomic mass is 16.5. The van der Waals surface area contributed by atoms with Crippen LogP contribution in [0.3, 0.4) is 0 Å². The van der Waals surface area contributed by atoms with E-state index in [9.17, 15) is 0 Å². The van der Waals surface area contributed by atoms with Crippen LogP contribution in [0.4, 0.5) is 11.8 Å². The van der Waals surface area contributed by atoms with E-state index in [-0.39, 0.29) is 11.8 Å². The Bertz CT molecular complexity index is 897. The molecule has 0 spiro atoms. The van der Waals surface area contributed by atoms with Gasteiger partial charge in [-0.25, -0.2) is 9.97 Å². The number of hydrogen-bond acceptors (Lipinski definition) is 7. The number of aromatic nitrogens is 3. The van der Waals surface area contributed by atoms with Crippen LogP contribution in [0.2, 0.25) is 0 Å². The van der Waals surface area contributed by atoms with Crippen molar-refractivity contribution in [2.75, 3.05) is 18.6 Å². The fourth-order valence-electron chi connectivity index (χ4n) is 2.10. The summed E-state index contributed by atoms with van der Waals surface area (Å²) in [6.07, 6.45) is 6.93. The largest absolute Gasteiger partial charge is 0.481 e. The topological polar surface area (TPSA) is 109 Å². The quantitative estimate of drug-likeness (QED) is 0.737. The Labute approximate surface area is 145 Å². The van der Waals surface area contributed by atoms with Gasteiger partial charge in [0, 0.05) is 17.8 Å². The van der Waals surface area contributed by atoms with Gasteiger partial charge in [-0.05, 0) is 11.6 Å². The van der Waals surface area contributed by atoms with E-state index >= 15 is 0 Å². The standard InChI is InChI=1S/C18H17N5O2/c1-24-16-9-14(25-15-11-22-18(20)23-17(15)19)13(10-21-16)8-7-12-5-3-2-4-6-12/h2-11H,1H3,(H4,19,20,22,23). The molecule has 0 fully saturated rings. The Balaban J connectivity index is 1.94. The summed E-state index contributed by atoms with van der Waals surface area (Å²) in [5, 5.41) is 0. The van der Waals surface area contributed by atoms with Crippen LogP contribution >= 0.6 is 0 Å². The molecule has 0 amide bonds. The normalized spacial score (nSPS) is 10.8. The van der Waals surface area contributed by atoms with Crippen molar-refractivity contribution in [3.63, 3.8) is 0 Å².